The van der Waals surface area contributed by atoms with E-state index >= 15 is 0 Å². The van der Waals surface area contributed by atoms with Crippen LogP contribution in [0, 0.1) is 5.92 Å². The topological polar surface area (TPSA) is 26.3 Å². The molecule has 2 nitrogen and oxygen atoms in total. The summed E-state index contributed by atoms with van der Waals surface area (Å²) in [5, 5.41) is 0. The lowest BCUT2D eigenvalue weighted by atomic mass is 9.82. The maximum atomic E-state index is 12.9. The number of rotatable bonds is 5. The van der Waals surface area contributed by atoms with Crippen LogP contribution in [0.2, 0.25) is 0 Å². The van der Waals surface area contributed by atoms with Crippen molar-refractivity contribution >= 4 is 5.78 Å². The summed E-state index contributed by atoms with van der Waals surface area (Å²) in [5.41, 5.74) is -0.311. The van der Waals surface area contributed by atoms with E-state index in [1.165, 1.54) is 0 Å². The molecule has 1 fully saturated rings. The van der Waals surface area contributed by atoms with Crippen LogP contribution in [0.1, 0.15) is 52.4 Å². The van der Waals surface area contributed by atoms with Gasteiger partial charge in [-0.05, 0) is 33.1 Å². The normalized spacial score (nSPS) is 21.5. The van der Waals surface area contributed by atoms with Gasteiger partial charge < -0.3 is 4.74 Å². The number of methoxy groups -OCH3 is 1. The number of hydrogen-bond acceptors (Lipinski definition) is 2. The Balaban J connectivity index is 2.35. The molecule has 1 aliphatic carbocycles. The van der Waals surface area contributed by atoms with Crippen molar-refractivity contribution in [1.82, 2.24) is 0 Å². The molecule has 1 saturated carbocycles. The van der Waals surface area contributed by atoms with Crippen LogP contribution in [-0.4, -0.2) is 24.4 Å². The van der Waals surface area contributed by atoms with Crippen LogP contribution < -0.4 is 0 Å². The third-order valence-corrected chi connectivity index (χ3v) is 3.70. The van der Waals surface area contributed by atoms with Gasteiger partial charge in [0.2, 0.25) is 5.92 Å². The van der Waals surface area contributed by atoms with E-state index in [4.69, 9.17) is 4.74 Å². The van der Waals surface area contributed by atoms with Crippen LogP contribution in [-0.2, 0) is 9.53 Å². The Morgan fingerprint density at radius 3 is 2.35 bits per heavy atom. The van der Waals surface area contributed by atoms with Gasteiger partial charge in [0.05, 0.1) is 5.60 Å². The first kappa shape index (κ1) is 14.6. The molecule has 0 N–H and O–H groups in total. The van der Waals surface area contributed by atoms with Crippen molar-refractivity contribution in [2.45, 2.75) is 63.9 Å². The summed E-state index contributed by atoms with van der Waals surface area (Å²) in [4.78, 5) is 11.9. The van der Waals surface area contributed by atoms with Gasteiger partial charge in [-0.3, -0.25) is 4.79 Å². The van der Waals surface area contributed by atoms with Gasteiger partial charge >= 0.3 is 0 Å². The molecule has 0 spiro atoms. The Kier molecular flexibility index (Phi) is 4.64. The molecule has 0 atom stereocenters. The molecule has 0 aromatic heterocycles. The standard InChI is InChI=1S/C13H22F2O2/c1-12(2,17-3)7-6-11(16)10-4-8-13(14,15)9-5-10/h10H,4-9H2,1-3H3. The fourth-order valence-corrected chi connectivity index (χ4v) is 2.09. The molecule has 0 unspecified atom stereocenters. The van der Waals surface area contributed by atoms with Gasteiger partial charge in [0, 0.05) is 32.3 Å². The minimum atomic E-state index is -2.55. The molecular weight excluding hydrogens is 226 g/mol. The molecule has 0 radical (unpaired) electrons. The number of Topliss-reactive ketones (excluding diaryl/α,β-unsaturated/α-hetero) is 1. The number of halogens is 2. The summed E-state index contributed by atoms with van der Waals surface area (Å²) in [6.07, 6.45) is 1.46. The summed E-state index contributed by atoms with van der Waals surface area (Å²) >= 11 is 0. The zero-order valence-corrected chi connectivity index (χ0v) is 10.9. The summed E-state index contributed by atoms with van der Waals surface area (Å²) in [7, 11) is 1.62. The van der Waals surface area contributed by atoms with E-state index < -0.39 is 5.92 Å². The number of ketones is 1. The lowest BCUT2D eigenvalue weighted by Crippen LogP contribution is -2.30. The summed E-state index contributed by atoms with van der Waals surface area (Å²) < 4.78 is 31.1. The lowest BCUT2D eigenvalue weighted by molar-refractivity contribution is -0.128. The van der Waals surface area contributed by atoms with Gasteiger partial charge in [-0.25, -0.2) is 8.78 Å². The summed E-state index contributed by atoms with van der Waals surface area (Å²) in [5.74, 6) is -2.60. The van der Waals surface area contributed by atoms with Crippen molar-refractivity contribution in [2.24, 2.45) is 5.92 Å². The third kappa shape index (κ3) is 4.70. The molecule has 0 saturated heterocycles. The zero-order chi connectivity index (χ0) is 13.1. The van der Waals surface area contributed by atoms with Crippen LogP contribution in [0.3, 0.4) is 0 Å². The van der Waals surface area contributed by atoms with Crippen LogP contribution in [0.4, 0.5) is 8.78 Å². The first-order chi connectivity index (χ1) is 7.76. The molecule has 0 heterocycles. The average molecular weight is 248 g/mol. The fourth-order valence-electron chi connectivity index (χ4n) is 2.09. The van der Waals surface area contributed by atoms with E-state index in [1.54, 1.807) is 7.11 Å². The Morgan fingerprint density at radius 2 is 1.88 bits per heavy atom. The van der Waals surface area contributed by atoms with E-state index in [0.717, 1.165) is 0 Å². The number of ether oxygens (including phenoxy) is 1. The zero-order valence-electron chi connectivity index (χ0n) is 10.9. The SMILES string of the molecule is COC(C)(C)CCC(=O)C1CCC(F)(F)CC1. The maximum Gasteiger partial charge on any atom is 0.248 e. The first-order valence-corrected chi connectivity index (χ1v) is 6.21. The fraction of sp³-hybridized carbons (Fsp3) is 0.923. The molecule has 1 rings (SSSR count). The lowest BCUT2D eigenvalue weighted by Gasteiger charge is -2.28. The van der Waals surface area contributed by atoms with E-state index in [-0.39, 0.29) is 30.1 Å². The minimum absolute atomic E-state index is 0.116. The molecule has 4 heteroatoms. The van der Waals surface area contributed by atoms with Crippen LogP contribution in [0.5, 0.6) is 0 Å². The summed E-state index contributed by atoms with van der Waals surface area (Å²) in [6, 6.07) is 0. The van der Waals surface area contributed by atoms with Crippen LogP contribution in [0.25, 0.3) is 0 Å². The molecule has 0 aromatic rings. The minimum Gasteiger partial charge on any atom is -0.379 e. The monoisotopic (exact) mass is 248 g/mol. The quantitative estimate of drug-likeness (QED) is 0.743. The van der Waals surface area contributed by atoms with E-state index in [9.17, 15) is 13.6 Å². The molecule has 17 heavy (non-hydrogen) atoms. The second-order valence-corrected chi connectivity index (χ2v) is 5.56. The second kappa shape index (κ2) is 5.42. The highest BCUT2D eigenvalue weighted by molar-refractivity contribution is 5.81. The van der Waals surface area contributed by atoms with Gasteiger partial charge in [-0.1, -0.05) is 0 Å². The van der Waals surface area contributed by atoms with Gasteiger partial charge in [0.25, 0.3) is 0 Å². The third-order valence-electron chi connectivity index (χ3n) is 3.70. The second-order valence-electron chi connectivity index (χ2n) is 5.56. The van der Waals surface area contributed by atoms with Crippen molar-refractivity contribution in [1.29, 1.82) is 0 Å². The van der Waals surface area contributed by atoms with Gasteiger partial charge in [-0.2, -0.15) is 0 Å². The molecule has 0 bridgehead atoms. The summed E-state index contributed by atoms with van der Waals surface area (Å²) in [6.45, 7) is 3.85. The van der Waals surface area contributed by atoms with Gasteiger partial charge in [0.15, 0.2) is 0 Å². The molecule has 1 aliphatic rings. The average Bonchev–Trinajstić information content (AvgIpc) is 2.26. The van der Waals surface area contributed by atoms with E-state index in [2.05, 4.69) is 0 Å². The highest BCUT2D eigenvalue weighted by Gasteiger charge is 2.37. The van der Waals surface area contributed by atoms with Crippen molar-refractivity contribution in [3.05, 3.63) is 0 Å². The Bertz CT molecular complexity index is 265. The molecule has 0 amide bonds. The highest BCUT2D eigenvalue weighted by Crippen LogP contribution is 2.37. The Hall–Kier alpha value is -0.510. The Labute approximate surface area is 102 Å². The van der Waals surface area contributed by atoms with Gasteiger partial charge in [0.1, 0.15) is 5.78 Å². The van der Waals surface area contributed by atoms with Crippen LogP contribution in [0.15, 0.2) is 0 Å². The maximum absolute atomic E-state index is 12.9. The molecule has 0 aliphatic heterocycles. The smallest absolute Gasteiger partial charge is 0.248 e. The number of carbonyl (C=O) groups excluding carboxylic acids is 1. The van der Waals surface area contributed by atoms with E-state index in [0.29, 0.717) is 25.7 Å². The van der Waals surface area contributed by atoms with Crippen molar-refractivity contribution in [3.8, 4) is 0 Å². The number of hydrogen-bond donors (Lipinski definition) is 0. The van der Waals surface area contributed by atoms with E-state index in [1.807, 2.05) is 13.8 Å². The molecule has 0 aromatic carbocycles. The largest absolute Gasteiger partial charge is 0.379 e. The predicted octanol–water partition coefficient (Wildman–Crippen LogP) is 3.59. The Morgan fingerprint density at radius 1 is 1.35 bits per heavy atom. The first-order valence-electron chi connectivity index (χ1n) is 6.21. The number of alkyl halides is 2. The van der Waals surface area contributed by atoms with Crippen molar-refractivity contribution in [3.63, 3.8) is 0 Å². The number of carbonyl (C=O) groups is 1. The molecule has 100 valence electrons. The predicted molar refractivity (Wildman–Crippen MR) is 62.2 cm³/mol. The molecular formula is C13H22F2O2. The van der Waals surface area contributed by atoms with Crippen LogP contribution >= 0.6 is 0 Å². The van der Waals surface area contributed by atoms with Crippen molar-refractivity contribution in [2.75, 3.05) is 7.11 Å². The van der Waals surface area contributed by atoms with Crippen molar-refractivity contribution < 1.29 is 18.3 Å². The highest BCUT2D eigenvalue weighted by atomic mass is 19.3. The van der Waals surface area contributed by atoms with Gasteiger partial charge in [-0.15, -0.1) is 0 Å².